The Kier molecular flexibility index (Phi) is 3.16. The van der Waals surface area contributed by atoms with Crippen molar-refractivity contribution in [3.8, 4) is 6.07 Å². The second kappa shape index (κ2) is 4.60. The monoisotopic (exact) mass is 246 g/mol. The highest BCUT2D eigenvalue weighted by atomic mass is 32.1. The summed E-state index contributed by atoms with van der Waals surface area (Å²) in [5, 5.41) is 16.5. The molecule has 0 unspecified atom stereocenters. The first-order valence-corrected chi connectivity index (χ1v) is 6.16. The molecule has 0 saturated carbocycles. The first-order chi connectivity index (χ1) is 8.11. The molecule has 0 aromatic carbocycles. The summed E-state index contributed by atoms with van der Waals surface area (Å²) < 4.78 is 1.87. The van der Waals surface area contributed by atoms with Gasteiger partial charge in [0.15, 0.2) is 0 Å². The van der Waals surface area contributed by atoms with Crippen LogP contribution in [0.1, 0.15) is 21.1 Å². The highest BCUT2D eigenvalue weighted by Gasteiger charge is 2.09. The summed E-state index contributed by atoms with van der Waals surface area (Å²) >= 11 is 1.52. The Bertz CT molecular complexity index is 574. The molecule has 0 radical (unpaired) electrons. The van der Waals surface area contributed by atoms with Gasteiger partial charge in [0.1, 0.15) is 10.9 Å². The lowest BCUT2D eigenvalue weighted by Gasteiger charge is -2.04. The van der Waals surface area contributed by atoms with E-state index in [1.807, 2.05) is 37.7 Å². The van der Waals surface area contributed by atoms with E-state index in [9.17, 15) is 0 Å². The number of thiophene rings is 1. The normalized spacial score (nSPS) is 10.2. The average molecular weight is 246 g/mol. The van der Waals surface area contributed by atoms with Crippen molar-refractivity contribution in [3.05, 3.63) is 33.3 Å². The van der Waals surface area contributed by atoms with Crippen LogP contribution in [0.25, 0.3) is 0 Å². The molecule has 0 bridgehead atoms. The average Bonchev–Trinajstić information content (AvgIpc) is 2.84. The fraction of sp³-hybridized carbons (Fsp3) is 0.333. The molecule has 0 aliphatic heterocycles. The number of rotatable bonds is 3. The van der Waals surface area contributed by atoms with Crippen molar-refractivity contribution >= 4 is 17.0 Å². The summed E-state index contributed by atoms with van der Waals surface area (Å²) in [6.07, 6.45) is 0. The molecular weight excluding hydrogens is 232 g/mol. The zero-order chi connectivity index (χ0) is 12.4. The lowest BCUT2D eigenvalue weighted by molar-refractivity contribution is 0.731. The van der Waals surface area contributed by atoms with Crippen molar-refractivity contribution < 1.29 is 0 Å². The Morgan fingerprint density at radius 1 is 1.47 bits per heavy atom. The maximum Gasteiger partial charge on any atom is 0.110 e. The standard InChI is InChI=1S/C12H14N4S/c1-8-12(9(2)16(3)15-8)14-7-11-5-4-10(6-13)17-11/h4-5,14H,7H2,1-3H3. The summed E-state index contributed by atoms with van der Waals surface area (Å²) in [6, 6.07) is 5.98. The van der Waals surface area contributed by atoms with E-state index in [4.69, 9.17) is 5.26 Å². The maximum absolute atomic E-state index is 8.75. The third-order valence-electron chi connectivity index (χ3n) is 2.72. The molecule has 0 aliphatic carbocycles. The molecule has 2 aromatic rings. The van der Waals surface area contributed by atoms with Gasteiger partial charge in [-0.1, -0.05) is 0 Å². The number of hydrogen-bond donors (Lipinski definition) is 1. The second-order valence-electron chi connectivity index (χ2n) is 3.90. The number of nitrogens with zero attached hydrogens (tertiary/aromatic N) is 3. The maximum atomic E-state index is 8.75. The molecule has 4 nitrogen and oxygen atoms in total. The van der Waals surface area contributed by atoms with E-state index in [1.165, 1.54) is 11.3 Å². The Morgan fingerprint density at radius 2 is 2.24 bits per heavy atom. The van der Waals surface area contributed by atoms with E-state index < -0.39 is 0 Å². The number of nitriles is 1. The third-order valence-corrected chi connectivity index (χ3v) is 3.71. The van der Waals surface area contributed by atoms with Gasteiger partial charge in [0, 0.05) is 18.5 Å². The summed E-state index contributed by atoms with van der Waals surface area (Å²) in [5.74, 6) is 0. The molecule has 0 spiro atoms. The van der Waals surface area contributed by atoms with Gasteiger partial charge in [-0.05, 0) is 26.0 Å². The summed E-state index contributed by atoms with van der Waals surface area (Å²) in [4.78, 5) is 1.91. The smallest absolute Gasteiger partial charge is 0.110 e. The largest absolute Gasteiger partial charge is 0.377 e. The van der Waals surface area contributed by atoms with Crippen molar-refractivity contribution in [1.29, 1.82) is 5.26 Å². The Morgan fingerprint density at radius 3 is 2.76 bits per heavy atom. The molecule has 2 rings (SSSR count). The minimum absolute atomic E-state index is 0.736. The number of hydrogen-bond acceptors (Lipinski definition) is 4. The van der Waals surface area contributed by atoms with Crippen molar-refractivity contribution in [1.82, 2.24) is 9.78 Å². The molecule has 1 N–H and O–H groups in total. The molecular formula is C12H14N4S. The summed E-state index contributed by atoms with van der Waals surface area (Å²) in [6.45, 7) is 4.77. The van der Waals surface area contributed by atoms with E-state index in [0.29, 0.717) is 0 Å². The molecule has 0 aliphatic rings. The Labute approximate surface area is 105 Å². The molecule has 0 atom stereocenters. The summed E-state index contributed by atoms with van der Waals surface area (Å²) in [7, 11) is 1.94. The molecule has 17 heavy (non-hydrogen) atoms. The minimum atomic E-state index is 0.736. The van der Waals surface area contributed by atoms with Crippen LogP contribution in [-0.4, -0.2) is 9.78 Å². The van der Waals surface area contributed by atoms with E-state index in [1.54, 1.807) is 0 Å². The van der Waals surface area contributed by atoms with Gasteiger partial charge < -0.3 is 5.32 Å². The Hall–Kier alpha value is -1.80. The molecule has 0 amide bonds. The van der Waals surface area contributed by atoms with Gasteiger partial charge in [-0.15, -0.1) is 11.3 Å². The highest BCUT2D eigenvalue weighted by molar-refractivity contribution is 7.12. The van der Waals surface area contributed by atoms with Gasteiger partial charge >= 0.3 is 0 Å². The number of aryl methyl sites for hydroxylation is 2. The van der Waals surface area contributed by atoms with Crippen LogP contribution < -0.4 is 5.32 Å². The number of anilines is 1. The molecule has 2 aromatic heterocycles. The fourth-order valence-electron chi connectivity index (χ4n) is 1.74. The van der Waals surface area contributed by atoms with Crippen LogP contribution in [0.2, 0.25) is 0 Å². The van der Waals surface area contributed by atoms with Gasteiger partial charge in [-0.25, -0.2) is 0 Å². The van der Waals surface area contributed by atoms with Crippen LogP contribution >= 0.6 is 11.3 Å². The van der Waals surface area contributed by atoms with Crippen molar-refractivity contribution in [3.63, 3.8) is 0 Å². The van der Waals surface area contributed by atoms with Crippen molar-refractivity contribution in [2.45, 2.75) is 20.4 Å². The minimum Gasteiger partial charge on any atom is -0.377 e. The van der Waals surface area contributed by atoms with Crippen LogP contribution in [0.15, 0.2) is 12.1 Å². The quantitative estimate of drug-likeness (QED) is 0.905. The lowest BCUT2D eigenvalue weighted by Crippen LogP contribution is -2.00. The number of nitrogens with one attached hydrogen (secondary N) is 1. The van der Waals surface area contributed by atoms with E-state index >= 15 is 0 Å². The lowest BCUT2D eigenvalue weighted by atomic mass is 10.3. The molecule has 5 heteroatoms. The van der Waals surface area contributed by atoms with Crippen molar-refractivity contribution in [2.75, 3.05) is 5.32 Å². The third kappa shape index (κ3) is 2.32. The van der Waals surface area contributed by atoms with Crippen LogP contribution in [0.4, 0.5) is 5.69 Å². The number of aromatic nitrogens is 2. The van der Waals surface area contributed by atoms with Gasteiger partial charge in [0.25, 0.3) is 0 Å². The van der Waals surface area contributed by atoms with Crippen LogP contribution in [0, 0.1) is 25.2 Å². The molecule has 2 heterocycles. The van der Waals surface area contributed by atoms with Crippen LogP contribution in [0.5, 0.6) is 0 Å². The molecule has 88 valence electrons. The van der Waals surface area contributed by atoms with E-state index in [0.717, 1.165) is 33.4 Å². The zero-order valence-corrected chi connectivity index (χ0v) is 10.9. The fourth-order valence-corrected chi connectivity index (χ4v) is 2.48. The second-order valence-corrected chi connectivity index (χ2v) is 5.07. The molecule has 0 fully saturated rings. The van der Waals surface area contributed by atoms with Gasteiger partial charge in [-0.2, -0.15) is 10.4 Å². The zero-order valence-electron chi connectivity index (χ0n) is 10.1. The topological polar surface area (TPSA) is 53.6 Å². The highest BCUT2D eigenvalue weighted by Crippen LogP contribution is 2.21. The van der Waals surface area contributed by atoms with Gasteiger partial charge in [0.05, 0.1) is 17.1 Å². The molecule has 0 saturated heterocycles. The van der Waals surface area contributed by atoms with Gasteiger partial charge in [0.2, 0.25) is 0 Å². The van der Waals surface area contributed by atoms with E-state index in [-0.39, 0.29) is 0 Å². The van der Waals surface area contributed by atoms with Crippen LogP contribution in [-0.2, 0) is 13.6 Å². The predicted octanol–water partition coefficient (Wildman–Crippen LogP) is 2.58. The van der Waals surface area contributed by atoms with Gasteiger partial charge in [-0.3, -0.25) is 4.68 Å². The van der Waals surface area contributed by atoms with Crippen LogP contribution in [0.3, 0.4) is 0 Å². The SMILES string of the molecule is Cc1nn(C)c(C)c1NCc1ccc(C#N)s1. The summed E-state index contributed by atoms with van der Waals surface area (Å²) in [5.41, 5.74) is 3.21. The predicted molar refractivity (Wildman–Crippen MR) is 69.0 cm³/mol. The first kappa shape index (κ1) is 11.7. The van der Waals surface area contributed by atoms with E-state index in [2.05, 4.69) is 16.5 Å². The first-order valence-electron chi connectivity index (χ1n) is 5.34. The Balaban J connectivity index is 2.10. The van der Waals surface area contributed by atoms with Crippen molar-refractivity contribution in [2.24, 2.45) is 7.05 Å².